The zero-order chi connectivity index (χ0) is 17.8. The summed E-state index contributed by atoms with van der Waals surface area (Å²) in [5, 5.41) is 0.772. The highest BCUT2D eigenvalue weighted by Gasteiger charge is 2.20. The predicted molar refractivity (Wildman–Crippen MR) is 100 cm³/mol. The minimum absolute atomic E-state index is 0.259. The fourth-order valence-electron chi connectivity index (χ4n) is 3.26. The number of anilines is 1. The maximum absolute atomic E-state index is 13.6. The highest BCUT2D eigenvalue weighted by molar-refractivity contribution is 5.89. The number of ether oxygens (including phenoxy) is 1. The number of halogens is 1. The standard InChI is InChI=1S/C20H21FN4O/c21-16-6-7-19-18(14-16)20(23-15-22-19)25-10-8-24(9-11-25)12-13-26-17-4-2-1-3-5-17/h1-7,14-15H,8-13H2. The van der Waals surface area contributed by atoms with Gasteiger partial charge in [0, 0.05) is 38.1 Å². The summed E-state index contributed by atoms with van der Waals surface area (Å²) in [6.45, 7) is 5.13. The highest BCUT2D eigenvalue weighted by Crippen LogP contribution is 2.24. The number of aromatic nitrogens is 2. The van der Waals surface area contributed by atoms with Crippen LogP contribution in [-0.4, -0.2) is 54.2 Å². The molecule has 1 aliphatic heterocycles. The second kappa shape index (κ2) is 7.66. The number of hydrogen-bond acceptors (Lipinski definition) is 5. The fourth-order valence-corrected chi connectivity index (χ4v) is 3.26. The Morgan fingerprint density at radius 1 is 0.962 bits per heavy atom. The molecule has 4 rings (SSSR count). The van der Waals surface area contributed by atoms with E-state index in [4.69, 9.17) is 4.74 Å². The van der Waals surface area contributed by atoms with Crippen LogP contribution in [0.1, 0.15) is 0 Å². The summed E-state index contributed by atoms with van der Waals surface area (Å²) in [7, 11) is 0. The smallest absolute Gasteiger partial charge is 0.140 e. The molecule has 3 aromatic rings. The third-order valence-corrected chi connectivity index (χ3v) is 4.67. The largest absolute Gasteiger partial charge is 0.492 e. The molecule has 0 radical (unpaired) electrons. The Labute approximate surface area is 152 Å². The molecule has 6 heteroatoms. The predicted octanol–water partition coefficient (Wildman–Crippen LogP) is 2.97. The molecule has 2 heterocycles. The molecule has 0 bridgehead atoms. The SMILES string of the molecule is Fc1ccc2ncnc(N3CCN(CCOc4ccccc4)CC3)c2c1. The molecule has 2 aromatic carbocycles. The molecule has 0 N–H and O–H groups in total. The van der Waals surface area contributed by atoms with Crippen LogP contribution in [0.4, 0.5) is 10.2 Å². The third-order valence-electron chi connectivity index (χ3n) is 4.67. The van der Waals surface area contributed by atoms with E-state index >= 15 is 0 Å². The minimum atomic E-state index is -0.259. The van der Waals surface area contributed by atoms with E-state index in [1.807, 2.05) is 30.3 Å². The number of nitrogens with zero attached hydrogens (tertiary/aromatic N) is 4. The fraction of sp³-hybridized carbons (Fsp3) is 0.300. The van der Waals surface area contributed by atoms with E-state index in [9.17, 15) is 4.39 Å². The number of para-hydroxylation sites is 1. The van der Waals surface area contributed by atoms with Gasteiger partial charge < -0.3 is 9.64 Å². The van der Waals surface area contributed by atoms with Crippen LogP contribution in [0.2, 0.25) is 0 Å². The molecule has 0 unspecified atom stereocenters. The molecular formula is C20H21FN4O. The molecule has 0 aliphatic carbocycles. The van der Waals surface area contributed by atoms with E-state index in [2.05, 4.69) is 19.8 Å². The molecule has 5 nitrogen and oxygen atoms in total. The molecular weight excluding hydrogens is 331 g/mol. The Kier molecular flexibility index (Phi) is 4.93. The van der Waals surface area contributed by atoms with Gasteiger partial charge in [0.25, 0.3) is 0 Å². The van der Waals surface area contributed by atoms with Crippen LogP contribution >= 0.6 is 0 Å². The van der Waals surface area contributed by atoms with Crippen molar-refractivity contribution in [3.05, 3.63) is 60.7 Å². The van der Waals surface area contributed by atoms with Crippen molar-refractivity contribution >= 4 is 16.7 Å². The van der Waals surface area contributed by atoms with Crippen molar-refractivity contribution in [2.75, 3.05) is 44.2 Å². The zero-order valence-corrected chi connectivity index (χ0v) is 14.5. The van der Waals surface area contributed by atoms with E-state index < -0.39 is 0 Å². The van der Waals surface area contributed by atoms with Crippen molar-refractivity contribution in [3.8, 4) is 5.75 Å². The first-order valence-electron chi connectivity index (χ1n) is 8.85. The maximum atomic E-state index is 13.6. The molecule has 1 aliphatic rings. The molecule has 1 aromatic heterocycles. The summed E-state index contributed by atoms with van der Waals surface area (Å²) in [4.78, 5) is 13.2. The van der Waals surface area contributed by atoms with E-state index in [0.29, 0.717) is 6.61 Å². The van der Waals surface area contributed by atoms with Gasteiger partial charge in [-0.25, -0.2) is 14.4 Å². The molecule has 0 atom stereocenters. The molecule has 0 spiro atoms. The van der Waals surface area contributed by atoms with Crippen LogP contribution in [0.15, 0.2) is 54.9 Å². The molecule has 0 amide bonds. The summed E-state index contributed by atoms with van der Waals surface area (Å²) < 4.78 is 19.4. The minimum Gasteiger partial charge on any atom is -0.492 e. The summed E-state index contributed by atoms with van der Waals surface area (Å²) in [6, 6.07) is 14.5. The zero-order valence-electron chi connectivity index (χ0n) is 14.5. The van der Waals surface area contributed by atoms with E-state index in [-0.39, 0.29) is 5.82 Å². The number of piperazine rings is 1. The van der Waals surface area contributed by atoms with E-state index in [1.54, 1.807) is 12.4 Å². The maximum Gasteiger partial charge on any atom is 0.140 e. The third kappa shape index (κ3) is 3.75. The Bertz CT molecular complexity index is 866. The van der Waals surface area contributed by atoms with Gasteiger partial charge >= 0.3 is 0 Å². The van der Waals surface area contributed by atoms with Gasteiger partial charge in [0.05, 0.1) is 5.52 Å². The van der Waals surface area contributed by atoms with Gasteiger partial charge in [-0.2, -0.15) is 0 Å². The second-order valence-electron chi connectivity index (χ2n) is 6.35. The average Bonchev–Trinajstić information content (AvgIpc) is 2.69. The van der Waals surface area contributed by atoms with Crippen LogP contribution in [0.25, 0.3) is 10.9 Å². The number of hydrogen-bond donors (Lipinski definition) is 0. The Balaban J connectivity index is 1.34. The van der Waals surface area contributed by atoms with Crippen molar-refractivity contribution in [2.45, 2.75) is 0 Å². The number of fused-ring (bicyclic) bond motifs is 1. The van der Waals surface area contributed by atoms with Crippen LogP contribution in [0.3, 0.4) is 0 Å². The topological polar surface area (TPSA) is 41.5 Å². The lowest BCUT2D eigenvalue weighted by molar-refractivity contribution is 0.200. The van der Waals surface area contributed by atoms with Gasteiger partial charge in [0.2, 0.25) is 0 Å². The Hall–Kier alpha value is -2.73. The number of benzene rings is 2. The quantitative estimate of drug-likeness (QED) is 0.706. The summed E-state index contributed by atoms with van der Waals surface area (Å²) >= 11 is 0. The lowest BCUT2D eigenvalue weighted by atomic mass is 10.2. The van der Waals surface area contributed by atoms with Gasteiger partial charge in [-0.05, 0) is 30.3 Å². The summed E-state index contributed by atoms with van der Waals surface area (Å²) in [5.41, 5.74) is 0.773. The van der Waals surface area contributed by atoms with Gasteiger partial charge in [0.1, 0.15) is 30.3 Å². The van der Waals surface area contributed by atoms with Crippen molar-refractivity contribution in [3.63, 3.8) is 0 Å². The van der Waals surface area contributed by atoms with Gasteiger partial charge in [-0.1, -0.05) is 18.2 Å². The molecule has 0 saturated carbocycles. The van der Waals surface area contributed by atoms with Crippen molar-refractivity contribution in [1.29, 1.82) is 0 Å². The molecule has 134 valence electrons. The monoisotopic (exact) mass is 352 g/mol. The van der Waals surface area contributed by atoms with E-state index in [1.165, 1.54) is 12.1 Å². The summed E-state index contributed by atoms with van der Waals surface area (Å²) in [5.74, 6) is 1.46. The van der Waals surface area contributed by atoms with Crippen LogP contribution in [0.5, 0.6) is 5.75 Å². The number of rotatable bonds is 5. The van der Waals surface area contributed by atoms with Gasteiger partial charge in [0.15, 0.2) is 0 Å². The van der Waals surface area contributed by atoms with Crippen LogP contribution in [0, 0.1) is 5.82 Å². The highest BCUT2D eigenvalue weighted by atomic mass is 19.1. The summed E-state index contributed by atoms with van der Waals surface area (Å²) in [6.07, 6.45) is 1.55. The average molecular weight is 352 g/mol. The first kappa shape index (κ1) is 16.7. The van der Waals surface area contributed by atoms with Gasteiger partial charge in [-0.3, -0.25) is 4.90 Å². The lowest BCUT2D eigenvalue weighted by Crippen LogP contribution is -2.47. The lowest BCUT2D eigenvalue weighted by Gasteiger charge is -2.35. The van der Waals surface area contributed by atoms with Crippen molar-refractivity contribution in [1.82, 2.24) is 14.9 Å². The normalized spacial score (nSPS) is 15.3. The Morgan fingerprint density at radius 2 is 1.77 bits per heavy atom. The molecule has 1 saturated heterocycles. The van der Waals surface area contributed by atoms with Crippen LogP contribution in [-0.2, 0) is 0 Å². The van der Waals surface area contributed by atoms with Crippen molar-refractivity contribution < 1.29 is 9.13 Å². The first-order chi connectivity index (χ1) is 12.8. The van der Waals surface area contributed by atoms with Crippen LogP contribution < -0.4 is 9.64 Å². The Morgan fingerprint density at radius 3 is 2.58 bits per heavy atom. The van der Waals surface area contributed by atoms with Crippen molar-refractivity contribution in [2.24, 2.45) is 0 Å². The second-order valence-corrected chi connectivity index (χ2v) is 6.35. The molecule has 1 fully saturated rings. The van der Waals surface area contributed by atoms with Gasteiger partial charge in [-0.15, -0.1) is 0 Å². The molecule has 26 heavy (non-hydrogen) atoms. The van der Waals surface area contributed by atoms with E-state index in [0.717, 1.165) is 55.2 Å². The first-order valence-corrected chi connectivity index (χ1v) is 8.85.